The molecule has 3 rings (SSSR count). The van der Waals surface area contributed by atoms with Crippen molar-refractivity contribution in [3.05, 3.63) is 70.1 Å². The Morgan fingerprint density at radius 2 is 1.76 bits per heavy atom. The molecule has 0 fully saturated rings. The monoisotopic (exact) mass is 319 g/mol. The Labute approximate surface area is 129 Å². The summed E-state index contributed by atoms with van der Waals surface area (Å²) in [7, 11) is -3.46. The van der Waals surface area contributed by atoms with E-state index >= 15 is 0 Å². The van der Waals surface area contributed by atoms with Crippen LogP contribution < -0.4 is 4.31 Å². The molecular formula is C16H14ClNO2S. The number of hydrogen-bond donors (Lipinski definition) is 0. The quantitative estimate of drug-likeness (QED) is 0.865. The van der Waals surface area contributed by atoms with Crippen LogP contribution in [-0.4, -0.2) is 15.0 Å². The van der Waals surface area contributed by atoms with E-state index in [4.69, 9.17) is 11.6 Å². The summed E-state index contributed by atoms with van der Waals surface area (Å²) in [5.74, 6) is 0. The predicted octanol–water partition coefficient (Wildman–Crippen LogP) is 3.70. The highest BCUT2D eigenvalue weighted by Gasteiger charge is 2.26. The lowest BCUT2D eigenvalue weighted by Gasteiger charge is -2.16. The van der Waals surface area contributed by atoms with Crippen LogP contribution in [-0.2, 0) is 16.4 Å². The minimum absolute atomic E-state index is 0.493. The van der Waals surface area contributed by atoms with E-state index in [2.05, 4.69) is 0 Å². The SMILES string of the molecule is O=S(=O)(/C=C/c1ccc(Cl)cc1)N1CCc2ccccc21. The highest BCUT2D eigenvalue weighted by atomic mass is 35.5. The van der Waals surface area contributed by atoms with Crippen molar-refractivity contribution in [1.82, 2.24) is 0 Å². The number of para-hydroxylation sites is 1. The van der Waals surface area contributed by atoms with Gasteiger partial charge in [0, 0.05) is 11.6 Å². The fraction of sp³-hybridized carbons (Fsp3) is 0.125. The zero-order valence-corrected chi connectivity index (χ0v) is 12.8. The van der Waals surface area contributed by atoms with Gasteiger partial charge in [-0.15, -0.1) is 0 Å². The number of benzene rings is 2. The maximum Gasteiger partial charge on any atom is 0.257 e. The van der Waals surface area contributed by atoms with Crippen LogP contribution in [0.25, 0.3) is 6.08 Å². The number of sulfonamides is 1. The van der Waals surface area contributed by atoms with Crippen LogP contribution >= 0.6 is 11.6 Å². The Balaban J connectivity index is 1.87. The molecule has 0 unspecified atom stereocenters. The third-order valence-electron chi connectivity index (χ3n) is 3.45. The van der Waals surface area contributed by atoms with Crippen LogP contribution in [0.1, 0.15) is 11.1 Å². The Morgan fingerprint density at radius 1 is 1.05 bits per heavy atom. The minimum Gasteiger partial charge on any atom is -0.266 e. The Kier molecular flexibility index (Phi) is 3.74. The van der Waals surface area contributed by atoms with Crippen LogP contribution in [0.4, 0.5) is 5.69 Å². The molecule has 1 aliphatic rings. The van der Waals surface area contributed by atoms with Gasteiger partial charge in [0.2, 0.25) is 0 Å². The smallest absolute Gasteiger partial charge is 0.257 e. The van der Waals surface area contributed by atoms with Crippen LogP contribution in [0.3, 0.4) is 0 Å². The van der Waals surface area contributed by atoms with Gasteiger partial charge in [-0.05, 0) is 41.8 Å². The maximum absolute atomic E-state index is 12.4. The molecule has 2 aromatic rings. The number of hydrogen-bond acceptors (Lipinski definition) is 2. The van der Waals surface area contributed by atoms with Gasteiger partial charge in [0.25, 0.3) is 10.0 Å². The fourth-order valence-corrected chi connectivity index (χ4v) is 3.78. The second-order valence-electron chi connectivity index (χ2n) is 4.85. The lowest BCUT2D eigenvalue weighted by Crippen LogP contribution is -2.26. The van der Waals surface area contributed by atoms with Gasteiger partial charge in [-0.3, -0.25) is 4.31 Å². The van der Waals surface area contributed by atoms with Crippen LogP contribution in [0.15, 0.2) is 53.9 Å². The fourth-order valence-electron chi connectivity index (χ4n) is 2.38. The van der Waals surface area contributed by atoms with Crippen molar-refractivity contribution in [2.24, 2.45) is 0 Å². The van der Waals surface area contributed by atoms with Crippen molar-refractivity contribution in [3.8, 4) is 0 Å². The number of fused-ring (bicyclic) bond motifs is 1. The third kappa shape index (κ3) is 2.96. The molecule has 0 radical (unpaired) electrons. The second kappa shape index (κ2) is 5.54. The molecule has 2 aromatic carbocycles. The molecule has 0 aromatic heterocycles. The molecule has 0 N–H and O–H groups in total. The summed E-state index contributed by atoms with van der Waals surface area (Å²) in [5.41, 5.74) is 2.65. The minimum atomic E-state index is -3.46. The second-order valence-corrected chi connectivity index (χ2v) is 7.03. The largest absolute Gasteiger partial charge is 0.266 e. The average Bonchev–Trinajstić information content (AvgIpc) is 2.91. The molecule has 0 atom stereocenters. The van der Waals surface area contributed by atoms with Gasteiger partial charge in [-0.25, -0.2) is 8.42 Å². The summed E-state index contributed by atoms with van der Waals surface area (Å²) in [5, 5.41) is 1.88. The van der Waals surface area contributed by atoms with Crippen molar-refractivity contribution in [2.45, 2.75) is 6.42 Å². The highest BCUT2D eigenvalue weighted by molar-refractivity contribution is 7.95. The molecule has 5 heteroatoms. The van der Waals surface area contributed by atoms with Gasteiger partial charge in [0.1, 0.15) is 0 Å². The van der Waals surface area contributed by atoms with Crippen LogP contribution in [0.5, 0.6) is 0 Å². The first-order chi connectivity index (χ1) is 10.1. The first-order valence-corrected chi connectivity index (χ1v) is 8.49. The average molecular weight is 320 g/mol. The molecule has 0 bridgehead atoms. The number of rotatable bonds is 3. The topological polar surface area (TPSA) is 37.4 Å². The summed E-state index contributed by atoms with van der Waals surface area (Å²) >= 11 is 5.81. The lowest BCUT2D eigenvalue weighted by atomic mass is 10.2. The van der Waals surface area contributed by atoms with Crippen molar-refractivity contribution in [3.63, 3.8) is 0 Å². The lowest BCUT2D eigenvalue weighted by molar-refractivity contribution is 0.601. The van der Waals surface area contributed by atoms with Crippen LogP contribution in [0, 0.1) is 0 Å². The van der Waals surface area contributed by atoms with Gasteiger partial charge in [0.15, 0.2) is 0 Å². The molecule has 0 saturated carbocycles. The Morgan fingerprint density at radius 3 is 2.52 bits per heavy atom. The molecule has 108 valence electrons. The third-order valence-corrected chi connectivity index (χ3v) is 5.18. The number of halogens is 1. The standard InChI is InChI=1S/C16H14ClNO2S/c17-15-7-5-13(6-8-15)10-12-21(19,20)18-11-9-14-3-1-2-4-16(14)18/h1-8,10,12H,9,11H2/b12-10+. The summed E-state index contributed by atoms with van der Waals surface area (Å²) < 4.78 is 26.4. The Bertz CT molecular complexity index is 782. The van der Waals surface area contributed by atoms with E-state index in [0.29, 0.717) is 11.6 Å². The van der Waals surface area contributed by atoms with E-state index in [1.807, 2.05) is 24.3 Å². The summed E-state index contributed by atoms with van der Waals surface area (Å²) in [6.45, 7) is 0.493. The zero-order valence-electron chi connectivity index (χ0n) is 11.2. The van der Waals surface area contributed by atoms with Gasteiger partial charge < -0.3 is 0 Å². The van der Waals surface area contributed by atoms with E-state index in [1.54, 1.807) is 30.3 Å². The van der Waals surface area contributed by atoms with E-state index in [-0.39, 0.29) is 0 Å². The molecule has 0 spiro atoms. The molecule has 0 aliphatic carbocycles. The first-order valence-electron chi connectivity index (χ1n) is 6.60. The van der Waals surface area contributed by atoms with Crippen molar-refractivity contribution in [1.29, 1.82) is 0 Å². The first kappa shape index (κ1) is 14.2. The molecular weight excluding hydrogens is 306 g/mol. The molecule has 0 amide bonds. The summed E-state index contributed by atoms with van der Waals surface area (Å²) in [6, 6.07) is 14.6. The summed E-state index contributed by atoms with van der Waals surface area (Å²) in [6.07, 6.45) is 2.34. The molecule has 0 saturated heterocycles. The van der Waals surface area contributed by atoms with Gasteiger partial charge in [-0.2, -0.15) is 0 Å². The highest BCUT2D eigenvalue weighted by Crippen LogP contribution is 2.30. The van der Waals surface area contributed by atoms with E-state index in [0.717, 1.165) is 23.2 Å². The van der Waals surface area contributed by atoms with Crippen molar-refractivity contribution in [2.75, 3.05) is 10.8 Å². The normalized spacial score (nSPS) is 14.6. The zero-order chi connectivity index (χ0) is 14.9. The van der Waals surface area contributed by atoms with E-state index in [9.17, 15) is 8.42 Å². The van der Waals surface area contributed by atoms with Gasteiger partial charge in [0.05, 0.1) is 11.1 Å². The number of nitrogens with zero attached hydrogens (tertiary/aromatic N) is 1. The molecule has 21 heavy (non-hydrogen) atoms. The van der Waals surface area contributed by atoms with E-state index in [1.165, 1.54) is 9.71 Å². The maximum atomic E-state index is 12.4. The Hall–Kier alpha value is -1.78. The van der Waals surface area contributed by atoms with Crippen molar-refractivity contribution < 1.29 is 8.42 Å². The van der Waals surface area contributed by atoms with Gasteiger partial charge in [-0.1, -0.05) is 41.9 Å². The molecule has 3 nitrogen and oxygen atoms in total. The van der Waals surface area contributed by atoms with Crippen LogP contribution in [0.2, 0.25) is 5.02 Å². The van der Waals surface area contributed by atoms with Gasteiger partial charge >= 0.3 is 0 Å². The summed E-state index contributed by atoms with van der Waals surface area (Å²) in [4.78, 5) is 0. The molecule has 1 heterocycles. The predicted molar refractivity (Wildman–Crippen MR) is 86.9 cm³/mol. The molecule has 1 aliphatic heterocycles. The number of anilines is 1. The van der Waals surface area contributed by atoms with E-state index < -0.39 is 10.0 Å². The van der Waals surface area contributed by atoms with Crippen molar-refractivity contribution >= 4 is 33.4 Å².